The average Bonchev–Trinajstić information content (AvgIpc) is 2.65. The Labute approximate surface area is 160 Å². The van der Waals surface area contributed by atoms with E-state index in [0.717, 1.165) is 15.6 Å². The quantitative estimate of drug-likeness (QED) is 0.675. The zero-order valence-corrected chi connectivity index (χ0v) is 16.5. The Morgan fingerprint density at radius 3 is 2.37 bits per heavy atom. The molecule has 0 heterocycles. The summed E-state index contributed by atoms with van der Waals surface area (Å²) in [6.45, 7) is 2.77. The third-order valence-corrected chi connectivity index (χ3v) is 5.76. The number of urea groups is 1. The van der Waals surface area contributed by atoms with Gasteiger partial charge in [0.2, 0.25) is 10.0 Å². The van der Waals surface area contributed by atoms with Crippen LogP contribution >= 0.6 is 0 Å². The molecule has 8 heteroatoms. The molecule has 0 aliphatic rings. The molecule has 0 saturated heterocycles. The van der Waals surface area contributed by atoms with Gasteiger partial charge >= 0.3 is 6.03 Å². The Morgan fingerprint density at radius 1 is 1.04 bits per heavy atom. The van der Waals surface area contributed by atoms with Crippen molar-refractivity contribution in [3.63, 3.8) is 0 Å². The lowest BCUT2D eigenvalue weighted by Crippen LogP contribution is -2.37. The van der Waals surface area contributed by atoms with E-state index in [9.17, 15) is 13.2 Å². The fraction of sp³-hybridized carbons (Fsp3) is 0.316. The molecule has 2 aromatic carbocycles. The van der Waals surface area contributed by atoms with Gasteiger partial charge in [-0.1, -0.05) is 35.9 Å². The van der Waals surface area contributed by atoms with Gasteiger partial charge in [-0.2, -0.15) is 0 Å². The molecule has 7 nitrogen and oxygen atoms in total. The Bertz CT molecular complexity index is 865. The van der Waals surface area contributed by atoms with Crippen LogP contribution < -0.4 is 15.4 Å². The highest BCUT2D eigenvalue weighted by atomic mass is 32.2. The molecule has 2 amide bonds. The molecule has 27 heavy (non-hydrogen) atoms. The molecule has 2 N–H and O–H groups in total. The Morgan fingerprint density at radius 2 is 1.70 bits per heavy atom. The van der Waals surface area contributed by atoms with Crippen LogP contribution in [0.3, 0.4) is 0 Å². The number of carbonyl (C=O) groups is 1. The van der Waals surface area contributed by atoms with Gasteiger partial charge < -0.3 is 15.4 Å². The first-order valence-electron chi connectivity index (χ1n) is 8.52. The molecule has 0 aromatic heterocycles. The van der Waals surface area contributed by atoms with Gasteiger partial charge in [0.15, 0.2) is 0 Å². The molecular formula is C19H25N3O4S. The maximum atomic E-state index is 12.3. The lowest BCUT2D eigenvalue weighted by molar-refractivity contribution is 0.236. The van der Waals surface area contributed by atoms with Crippen molar-refractivity contribution in [1.29, 1.82) is 0 Å². The molecule has 2 rings (SSSR count). The maximum absolute atomic E-state index is 12.3. The summed E-state index contributed by atoms with van der Waals surface area (Å²) < 4.78 is 31.4. The van der Waals surface area contributed by atoms with E-state index in [1.807, 2.05) is 31.2 Å². The summed E-state index contributed by atoms with van der Waals surface area (Å²) in [5.74, 6) is 0.741. The molecule has 0 aliphatic carbocycles. The minimum Gasteiger partial charge on any atom is -0.492 e. The summed E-state index contributed by atoms with van der Waals surface area (Å²) in [6, 6.07) is 13.9. The monoisotopic (exact) mass is 391 g/mol. The number of nitrogens with zero attached hydrogens (tertiary/aromatic N) is 1. The lowest BCUT2D eigenvalue weighted by atomic mass is 10.2. The number of ether oxygens (including phenoxy) is 1. The van der Waals surface area contributed by atoms with Crippen molar-refractivity contribution in [1.82, 2.24) is 14.9 Å². The number of aryl methyl sites for hydroxylation is 1. The van der Waals surface area contributed by atoms with Crippen molar-refractivity contribution in [2.75, 3.05) is 27.2 Å². The molecule has 0 radical (unpaired) electrons. The standard InChI is InChI=1S/C19H25N3O4S/c1-15-8-10-17(11-9-15)26-13-12-20-19(23)21-14-16-6-4-5-7-18(16)27(24,25)22(2)3/h4-11H,12-14H2,1-3H3,(H2,20,21,23). The number of hydrogen-bond acceptors (Lipinski definition) is 4. The van der Waals surface area contributed by atoms with E-state index in [2.05, 4.69) is 10.6 Å². The van der Waals surface area contributed by atoms with Crippen molar-refractivity contribution in [2.45, 2.75) is 18.4 Å². The summed E-state index contributed by atoms with van der Waals surface area (Å²) in [5, 5.41) is 5.35. The molecule has 0 bridgehead atoms. The third kappa shape index (κ3) is 5.97. The second-order valence-corrected chi connectivity index (χ2v) is 8.29. The number of amides is 2. The van der Waals surface area contributed by atoms with Gasteiger partial charge in [0, 0.05) is 20.6 Å². The van der Waals surface area contributed by atoms with Gasteiger partial charge in [-0.3, -0.25) is 0 Å². The highest BCUT2D eigenvalue weighted by Crippen LogP contribution is 2.18. The SMILES string of the molecule is Cc1ccc(OCCNC(=O)NCc2ccccc2S(=O)(=O)N(C)C)cc1. The van der Waals surface area contributed by atoms with E-state index in [4.69, 9.17) is 4.74 Å². The molecular weight excluding hydrogens is 366 g/mol. The zero-order chi connectivity index (χ0) is 19.9. The van der Waals surface area contributed by atoms with Crippen LogP contribution in [0.4, 0.5) is 4.79 Å². The molecule has 146 valence electrons. The highest BCUT2D eigenvalue weighted by Gasteiger charge is 2.20. The molecule has 0 aliphatic heterocycles. The van der Waals surface area contributed by atoms with Gasteiger partial charge in [-0.15, -0.1) is 0 Å². The molecule has 0 unspecified atom stereocenters. The van der Waals surface area contributed by atoms with Crippen molar-refractivity contribution < 1.29 is 17.9 Å². The number of rotatable bonds is 8. The van der Waals surface area contributed by atoms with Gasteiger partial charge in [-0.05, 0) is 30.7 Å². The van der Waals surface area contributed by atoms with Gasteiger partial charge in [0.05, 0.1) is 11.4 Å². The van der Waals surface area contributed by atoms with E-state index in [1.54, 1.807) is 18.2 Å². The largest absolute Gasteiger partial charge is 0.492 e. The molecule has 0 fully saturated rings. The van der Waals surface area contributed by atoms with Crippen molar-refractivity contribution in [3.8, 4) is 5.75 Å². The normalized spacial score (nSPS) is 11.3. The van der Waals surface area contributed by atoms with Crippen LogP contribution in [0.15, 0.2) is 53.4 Å². The van der Waals surface area contributed by atoms with Crippen molar-refractivity contribution in [2.24, 2.45) is 0 Å². The van der Waals surface area contributed by atoms with E-state index in [-0.39, 0.29) is 17.5 Å². The van der Waals surface area contributed by atoms with Crippen LogP contribution in [-0.2, 0) is 16.6 Å². The molecule has 0 atom stereocenters. The van der Waals surface area contributed by atoms with Crippen LogP contribution in [0.1, 0.15) is 11.1 Å². The molecule has 0 spiro atoms. The van der Waals surface area contributed by atoms with Gasteiger partial charge in [0.1, 0.15) is 12.4 Å². The summed E-state index contributed by atoms with van der Waals surface area (Å²) in [4.78, 5) is 12.1. The van der Waals surface area contributed by atoms with Gasteiger partial charge in [0.25, 0.3) is 0 Å². The summed E-state index contributed by atoms with van der Waals surface area (Å²) in [6.07, 6.45) is 0. The zero-order valence-electron chi connectivity index (χ0n) is 15.7. The predicted octanol–water partition coefficient (Wildman–Crippen LogP) is 2.12. The number of carbonyl (C=O) groups excluding carboxylic acids is 1. The van der Waals surface area contributed by atoms with Crippen LogP contribution in [0.5, 0.6) is 5.75 Å². The van der Waals surface area contributed by atoms with Crippen molar-refractivity contribution in [3.05, 3.63) is 59.7 Å². The smallest absolute Gasteiger partial charge is 0.315 e. The minimum atomic E-state index is -3.57. The predicted molar refractivity (Wildman–Crippen MR) is 104 cm³/mol. The molecule has 0 saturated carbocycles. The highest BCUT2D eigenvalue weighted by molar-refractivity contribution is 7.89. The average molecular weight is 391 g/mol. The van der Waals surface area contributed by atoms with Gasteiger partial charge in [-0.25, -0.2) is 17.5 Å². The van der Waals surface area contributed by atoms with E-state index < -0.39 is 10.0 Å². The van der Waals surface area contributed by atoms with Crippen LogP contribution in [0.25, 0.3) is 0 Å². The first-order chi connectivity index (χ1) is 12.8. The van der Waals surface area contributed by atoms with E-state index >= 15 is 0 Å². The maximum Gasteiger partial charge on any atom is 0.315 e. The van der Waals surface area contributed by atoms with Crippen LogP contribution in [0, 0.1) is 6.92 Å². The summed E-state index contributed by atoms with van der Waals surface area (Å²) >= 11 is 0. The van der Waals surface area contributed by atoms with Crippen LogP contribution in [-0.4, -0.2) is 46.0 Å². The fourth-order valence-corrected chi connectivity index (χ4v) is 3.42. The second kappa shape index (κ2) is 9.38. The van der Waals surface area contributed by atoms with Crippen LogP contribution in [0.2, 0.25) is 0 Å². The number of nitrogens with one attached hydrogen (secondary N) is 2. The third-order valence-electron chi connectivity index (χ3n) is 3.85. The Hall–Kier alpha value is -2.58. The summed E-state index contributed by atoms with van der Waals surface area (Å²) in [5.41, 5.74) is 1.67. The number of hydrogen-bond donors (Lipinski definition) is 2. The fourth-order valence-electron chi connectivity index (χ4n) is 2.30. The van der Waals surface area contributed by atoms with E-state index in [0.29, 0.717) is 18.7 Å². The number of benzene rings is 2. The first kappa shape index (κ1) is 20.7. The Balaban J connectivity index is 1.81. The molecule has 2 aromatic rings. The first-order valence-corrected chi connectivity index (χ1v) is 9.96. The summed E-state index contributed by atoms with van der Waals surface area (Å²) in [7, 11) is -0.623. The minimum absolute atomic E-state index is 0.105. The van der Waals surface area contributed by atoms with E-state index in [1.165, 1.54) is 20.2 Å². The second-order valence-electron chi connectivity index (χ2n) is 6.17. The Kier molecular flexibility index (Phi) is 7.20. The topological polar surface area (TPSA) is 87.7 Å². The van der Waals surface area contributed by atoms with Crippen molar-refractivity contribution >= 4 is 16.1 Å². The lowest BCUT2D eigenvalue weighted by Gasteiger charge is -2.15. The number of sulfonamides is 1.